The number of aliphatic hydroxyl groups excluding tert-OH is 2. The molecule has 0 aliphatic heterocycles. The predicted molar refractivity (Wildman–Crippen MR) is 297 cm³/mol. The summed E-state index contributed by atoms with van der Waals surface area (Å²) in [5.41, 5.74) is 0. The first kappa shape index (κ1) is 66.9. The van der Waals surface area contributed by atoms with Crippen molar-refractivity contribution >= 4 is 11.9 Å². The van der Waals surface area contributed by atoms with Gasteiger partial charge < -0.3 is 20.3 Å². The smallest absolute Gasteiger partial charge is 0.305 e. The number of hydrogen-bond acceptors (Lipinski definition) is 5. The van der Waals surface area contributed by atoms with E-state index in [1.54, 1.807) is 0 Å². The third kappa shape index (κ3) is 54.2. The van der Waals surface area contributed by atoms with Crippen LogP contribution >= 0.6 is 0 Å². The Kier molecular flexibility index (Phi) is 57.5. The van der Waals surface area contributed by atoms with Gasteiger partial charge in [-0.15, -0.1) is 0 Å². The molecule has 0 heterocycles. The van der Waals surface area contributed by atoms with Gasteiger partial charge in [0.05, 0.1) is 25.4 Å². The van der Waals surface area contributed by atoms with Crippen molar-refractivity contribution in [2.75, 3.05) is 13.2 Å². The molecule has 2 atom stereocenters. The molecule has 0 radical (unpaired) electrons. The van der Waals surface area contributed by atoms with E-state index in [0.29, 0.717) is 25.9 Å². The second kappa shape index (κ2) is 58.4. The lowest BCUT2D eigenvalue weighted by Crippen LogP contribution is -2.45. The summed E-state index contributed by atoms with van der Waals surface area (Å²) >= 11 is 0. The molecule has 68 heavy (non-hydrogen) atoms. The lowest BCUT2D eigenvalue weighted by Gasteiger charge is -2.22. The van der Waals surface area contributed by atoms with Crippen LogP contribution in [0.3, 0.4) is 0 Å². The Balaban J connectivity index is 3.34. The summed E-state index contributed by atoms with van der Waals surface area (Å²) in [7, 11) is 0. The van der Waals surface area contributed by atoms with Crippen molar-refractivity contribution in [2.24, 2.45) is 0 Å². The van der Waals surface area contributed by atoms with Gasteiger partial charge in [0.1, 0.15) is 0 Å². The first-order valence-corrected chi connectivity index (χ1v) is 31.3. The Morgan fingerprint density at radius 3 is 0.897 bits per heavy atom. The monoisotopic (exact) mass is 962 g/mol. The van der Waals surface area contributed by atoms with E-state index in [2.05, 4.69) is 19.2 Å². The summed E-state index contributed by atoms with van der Waals surface area (Å²) in [6, 6.07) is -0.540. The number of hydrogen-bond donors (Lipinski definition) is 3. The van der Waals surface area contributed by atoms with E-state index in [4.69, 9.17) is 4.74 Å². The number of rotatable bonds is 59. The van der Waals surface area contributed by atoms with E-state index in [1.165, 1.54) is 289 Å². The molecule has 0 aromatic carbocycles. The van der Waals surface area contributed by atoms with Gasteiger partial charge in [0.25, 0.3) is 0 Å². The summed E-state index contributed by atoms with van der Waals surface area (Å²) in [6.07, 6.45) is 68.3. The van der Waals surface area contributed by atoms with E-state index < -0.39 is 12.1 Å². The Morgan fingerprint density at radius 2 is 0.603 bits per heavy atom. The molecule has 0 bridgehead atoms. The van der Waals surface area contributed by atoms with E-state index in [-0.39, 0.29) is 18.5 Å². The van der Waals surface area contributed by atoms with E-state index in [9.17, 15) is 19.8 Å². The van der Waals surface area contributed by atoms with Crippen LogP contribution in [0.1, 0.15) is 361 Å². The average molecular weight is 963 g/mol. The average Bonchev–Trinajstić information content (AvgIpc) is 3.34. The number of esters is 1. The molecule has 0 fully saturated rings. The largest absolute Gasteiger partial charge is 0.466 e. The van der Waals surface area contributed by atoms with Gasteiger partial charge in [-0.3, -0.25) is 9.59 Å². The van der Waals surface area contributed by atoms with Crippen molar-refractivity contribution in [1.82, 2.24) is 5.32 Å². The minimum atomic E-state index is -0.663. The Bertz CT molecular complexity index is 975. The number of carbonyl (C=O) groups is 2. The Labute approximate surface area is 426 Å². The standard InChI is InChI=1S/C62H123NO5/c1-3-5-7-9-11-13-15-17-18-19-22-26-29-32-36-40-44-48-52-56-62(67)68-57-53-49-45-41-37-33-30-27-24-21-20-23-25-28-31-35-39-43-47-51-55-61(66)63-59(58-64)60(65)54-50-46-42-38-34-16-14-12-10-8-6-4-2/h59-60,64-65H,3-58H2,1-2H3,(H,63,66). The molecule has 1 amide bonds. The van der Waals surface area contributed by atoms with Crippen molar-refractivity contribution in [2.45, 2.75) is 373 Å². The minimum absolute atomic E-state index is 0.0164. The van der Waals surface area contributed by atoms with Crippen LogP contribution in [-0.2, 0) is 14.3 Å². The molecule has 6 nitrogen and oxygen atoms in total. The summed E-state index contributed by atoms with van der Waals surface area (Å²) in [4.78, 5) is 24.6. The van der Waals surface area contributed by atoms with E-state index >= 15 is 0 Å². The third-order valence-corrected chi connectivity index (χ3v) is 14.9. The van der Waals surface area contributed by atoms with Crippen LogP contribution in [0.4, 0.5) is 0 Å². The number of aliphatic hydroxyl groups is 2. The second-order valence-electron chi connectivity index (χ2n) is 21.8. The van der Waals surface area contributed by atoms with Crippen molar-refractivity contribution in [1.29, 1.82) is 0 Å². The van der Waals surface area contributed by atoms with Gasteiger partial charge in [-0.05, 0) is 25.7 Å². The fraction of sp³-hybridized carbons (Fsp3) is 0.968. The zero-order valence-corrected chi connectivity index (χ0v) is 46.4. The molecule has 6 heteroatoms. The molecule has 0 saturated carbocycles. The Hall–Kier alpha value is -1.14. The lowest BCUT2D eigenvalue weighted by molar-refractivity contribution is -0.143. The topological polar surface area (TPSA) is 95.9 Å². The van der Waals surface area contributed by atoms with Gasteiger partial charge in [0.2, 0.25) is 5.91 Å². The third-order valence-electron chi connectivity index (χ3n) is 14.9. The molecule has 2 unspecified atom stereocenters. The summed E-state index contributed by atoms with van der Waals surface area (Å²) in [5.74, 6) is -0.0186. The lowest BCUT2D eigenvalue weighted by atomic mass is 10.0. The molecule has 0 saturated heterocycles. The maximum atomic E-state index is 12.5. The van der Waals surface area contributed by atoms with Crippen LogP contribution in [0.25, 0.3) is 0 Å². The van der Waals surface area contributed by atoms with Gasteiger partial charge in [-0.2, -0.15) is 0 Å². The SMILES string of the molecule is CCCCCCCCCCCCCCCCCCCCCC(=O)OCCCCCCCCCCCCCCCCCCCCCCC(=O)NC(CO)C(O)CCCCCCCCCCCCCC. The summed E-state index contributed by atoms with van der Waals surface area (Å²) in [6.45, 7) is 4.98. The molecule has 3 N–H and O–H groups in total. The van der Waals surface area contributed by atoms with Gasteiger partial charge >= 0.3 is 5.97 Å². The normalized spacial score (nSPS) is 12.5. The van der Waals surface area contributed by atoms with Crippen LogP contribution in [-0.4, -0.2) is 47.4 Å². The second-order valence-corrected chi connectivity index (χ2v) is 21.8. The highest BCUT2D eigenvalue weighted by atomic mass is 16.5. The molecule has 0 aliphatic carbocycles. The minimum Gasteiger partial charge on any atom is -0.466 e. The first-order valence-electron chi connectivity index (χ1n) is 31.3. The fourth-order valence-electron chi connectivity index (χ4n) is 10.1. The van der Waals surface area contributed by atoms with E-state index in [1.807, 2.05) is 0 Å². The highest BCUT2D eigenvalue weighted by Crippen LogP contribution is 2.19. The maximum Gasteiger partial charge on any atom is 0.305 e. The molecular weight excluding hydrogens is 839 g/mol. The Morgan fingerprint density at radius 1 is 0.353 bits per heavy atom. The number of nitrogens with one attached hydrogen (secondary N) is 1. The van der Waals surface area contributed by atoms with Crippen LogP contribution in [0.2, 0.25) is 0 Å². The molecule has 0 aromatic rings. The molecule has 406 valence electrons. The van der Waals surface area contributed by atoms with Crippen molar-refractivity contribution < 1.29 is 24.5 Å². The van der Waals surface area contributed by atoms with Crippen molar-refractivity contribution in [3.05, 3.63) is 0 Å². The van der Waals surface area contributed by atoms with Crippen LogP contribution in [0, 0.1) is 0 Å². The van der Waals surface area contributed by atoms with Crippen LogP contribution < -0.4 is 5.32 Å². The van der Waals surface area contributed by atoms with Crippen molar-refractivity contribution in [3.8, 4) is 0 Å². The predicted octanol–water partition coefficient (Wildman–Crippen LogP) is 19.5. The highest BCUT2D eigenvalue weighted by molar-refractivity contribution is 5.76. The first-order chi connectivity index (χ1) is 33.5. The molecule has 0 rings (SSSR count). The van der Waals surface area contributed by atoms with Gasteiger partial charge in [-0.1, -0.05) is 322 Å². The number of ether oxygens (including phenoxy) is 1. The quantitative estimate of drug-likeness (QED) is 0.0417. The van der Waals surface area contributed by atoms with Crippen LogP contribution in [0.5, 0.6) is 0 Å². The summed E-state index contributed by atoms with van der Waals surface area (Å²) < 4.78 is 5.50. The molecule has 0 aliphatic rings. The van der Waals surface area contributed by atoms with Crippen LogP contribution in [0.15, 0.2) is 0 Å². The molecule has 0 spiro atoms. The van der Waals surface area contributed by atoms with Gasteiger partial charge in [-0.25, -0.2) is 0 Å². The summed E-state index contributed by atoms with van der Waals surface area (Å²) in [5, 5.41) is 23.2. The maximum absolute atomic E-state index is 12.5. The molecule has 0 aromatic heterocycles. The molecular formula is C62H123NO5. The zero-order valence-electron chi connectivity index (χ0n) is 46.4. The van der Waals surface area contributed by atoms with Crippen molar-refractivity contribution in [3.63, 3.8) is 0 Å². The number of carbonyl (C=O) groups excluding carboxylic acids is 2. The fourth-order valence-corrected chi connectivity index (χ4v) is 10.1. The highest BCUT2D eigenvalue weighted by Gasteiger charge is 2.20. The van der Waals surface area contributed by atoms with Gasteiger partial charge in [0.15, 0.2) is 0 Å². The number of unbranched alkanes of at least 4 members (excludes halogenated alkanes) is 48. The zero-order chi connectivity index (χ0) is 49.3. The number of amides is 1. The van der Waals surface area contributed by atoms with Gasteiger partial charge in [0, 0.05) is 12.8 Å². The van der Waals surface area contributed by atoms with E-state index in [0.717, 1.165) is 38.5 Å².